The third-order valence-corrected chi connectivity index (χ3v) is 4.41. The van der Waals surface area contributed by atoms with Crippen molar-refractivity contribution in [3.8, 4) is 23.7 Å². The summed E-state index contributed by atoms with van der Waals surface area (Å²) in [6.45, 7) is 6.96. The van der Waals surface area contributed by atoms with Crippen molar-refractivity contribution in [2.24, 2.45) is 0 Å². The van der Waals surface area contributed by atoms with Gasteiger partial charge in [0.05, 0.1) is 0 Å². The van der Waals surface area contributed by atoms with Crippen LogP contribution in [0.1, 0.15) is 57.8 Å². The van der Waals surface area contributed by atoms with Crippen LogP contribution in [0.3, 0.4) is 0 Å². The van der Waals surface area contributed by atoms with Crippen LogP contribution in [0.5, 0.6) is 0 Å². The molecule has 0 aliphatic carbocycles. The molecule has 0 radical (unpaired) electrons. The molecule has 0 atom stereocenters. The van der Waals surface area contributed by atoms with E-state index in [-0.39, 0.29) is 0 Å². The smallest absolute Gasteiger partial charge is 0.0217 e. The van der Waals surface area contributed by atoms with Crippen LogP contribution < -0.4 is 0 Å². The number of rotatable bonds is 0. The van der Waals surface area contributed by atoms with E-state index in [4.69, 9.17) is 0 Å². The number of hydrogen-bond acceptors (Lipinski definition) is 2. The highest BCUT2D eigenvalue weighted by Gasteiger charge is 2.06. The van der Waals surface area contributed by atoms with Gasteiger partial charge in [0.25, 0.3) is 0 Å². The highest BCUT2D eigenvalue weighted by Crippen LogP contribution is 2.08. The molecule has 0 unspecified atom stereocenters. The lowest BCUT2D eigenvalue weighted by Gasteiger charge is -2.20. The third kappa shape index (κ3) is 7.56. The lowest BCUT2D eigenvalue weighted by atomic mass is 10.1. The molecule has 3 rings (SSSR count). The first-order valence-corrected chi connectivity index (χ1v) is 8.81. The number of hydrogen-bond donors (Lipinski definition) is 0. The largest absolute Gasteiger partial charge is 0.301 e. The maximum Gasteiger partial charge on any atom is 0.0217 e. The molecule has 0 saturated carbocycles. The van der Waals surface area contributed by atoms with Crippen molar-refractivity contribution >= 4 is 0 Å². The minimum atomic E-state index is 1.02. The van der Waals surface area contributed by atoms with E-state index in [2.05, 4.69) is 33.5 Å². The fourth-order valence-electron chi connectivity index (χ4n) is 3.08. The third-order valence-electron chi connectivity index (χ3n) is 4.41. The van der Waals surface area contributed by atoms with Crippen molar-refractivity contribution in [2.75, 3.05) is 39.3 Å². The Kier molecular flexibility index (Phi) is 8.38. The second-order valence-corrected chi connectivity index (χ2v) is 6.16. The van der Waals surface area contributed by atoms with E-state index < -0.39 is 0 Å². The zero-order valence-electron chi connectivity index (χ0n) is 13.5. The Bertz CT molecular complexity index is 331. The molecule has 0 spiro atoms. The van der Waals surface area contributed by atoms with Gasteiger partial charge in [0.15, 0.2) is 0 Å². The van der Waals surface area contributed by atoms with Crippen molar-refractivity contribution in [1.82, 2.24) is 9.80 Å². The Balaban J connectivity index is 2.00. The molecule has 0 N–H and O–H groups in total. The molecule has 0 saturated heterocycles. The van der Waals surface area contributed by atoms with Gasteiger partial charge in [0.2, 0.25) is 0 Å². The van der Waals surface area contributed by atoms with E-state index >= 15 is 0 Å². The summed E-state index contributed by atoms with van der Waals surface area (Å²) in [5.41, 5.74) is 0. The molecule has 3 heterocycles. The van der Waals surface area contributed by atoms with Crippen LogP contribution in [-0.2, 0) is 0 Å². The van der Waals surface area contributed by atoms with Crippen molar-refractivity contribution < 1.29 is 0 Å². The molecule has 0 amide bonds. The molecule has 0 aromatic heterocycles. The highest BCUT2D eigenvalue weighted by molar-refractivity contribution is 5.02. The molecule has 3 aliphatic rings. The molecular formula is C19H30N2. The average Bonchev–Trinajstić information content (AvgIpc) is 2.51. The molecule has 2 nitrogen and oxygen atoms in total. The molecule has 0 aromatic carbocycles. The molecule has 116 valence electrons. The Hall–Kier alpha value is -0.960. The van der Waals surface area contributed by atoms with Crippen LogP contribution in [0.2, 0.25) is 0 Å². The Morgan fingerprint density at radius 1 is 0.381 bits per heavy atom. The number of fused-ring (bicyclic) bond motifs is 14. The standard InChI is InChI=1S/C19H30N2/c1-2-8-14-20-16-10-4-6-12-18-21(15-9-3-1)19-13-7-5-11-17-20/h1-3,8-19H2. The van der Waals surface area contributed by atoms with Gasteiger partial charge in [-0.25, -0.2) is 0 Å². The lowest BCUT2D eigenvalue weighted by Crippen LogP contribution is -2.27. The summed E-state index contributed by atoms with van der Waals surface area (Å²) >= 11 is 0. The zero-order valence-corrected chi connectivity index (χ0v) is 13.5. The SMILES string of the molecule is C1#CCCN2CCC#CCCN(CC1)CCCCCCC2. The van der Waals surface area contributed by atoms with Gasteiger partial charge in [-0.3, -0.25) is 0 Å². The first kappa shape index (κ1) is 16.4. The summed E-state index contributed by atoms with van der Waals surface area (Å²) in [4.78, 5) is 5.14. The molecule has 0 fully saturated rings. The Labute approximate surface area is 131 Å². The van der Waals surface area contributed by atoms with Crippen LogP contribution >= 0.6 is 0 Å². The molecule has 2 heteroatoms. The minimum absolute atomic E-state index is 1.02. The summed E-state index contributed by atoms with van der Waals surface area (Å²) < 4.78 is 0. The summed E-state index contributed by atoms with van der Waals surface area (Å²) in [6.07, 6.45) is 10.9. The fraction of sp³-hybridized carbons (Fsp3) is 0.789. The second kappa shape index (κ2) is 10.7. The van der Waals surface area contributed by atoms with E-state index in [1.807, 2.05) is 0 Å². The summed E-state index contributed by atoms with van der Waals surface area (Å²) in [6, 6.07) is 0. The Morgan fingerprint density at radius 2 is 0.714 bits per heavy atom. The van der Waals surface area contributed by atoms with E-state index in [9.17, 15) is 0 Å². The molecule has 2 bridgehead atoms. The van der Waals surface area contributed by atoms with Crippen molar-refractivity contribution in [2.45, 2.75) is 57.8 Å². The van der Waals surface area contributed by atoms with E-state index in [0.717, 1.165) is 51.9 Å². The van der Waals surface area contributed by atoms with Gasteiger partial charge in [-0.2, -0.15) is 0 Å². The van der Waals surface area contributed by atoms with Crippen molar-refractivity contribution in [3.63, 3.8) is 0 Å². The van der Waals surface area contributed by atoms with Gasteiger partial charge in [-0.15, -0.1) is 23.7 Å². The fourth-order valence-corrected chi connectivity index (χ4v) is 3.08. The first-order valence-electron chi connectivity index (χ1n) is 8.81. The molecular weight excluding hydrogens is 256 g/mol. The van der Waals surface area contributed by atoms with E-state index in [1.54, 1.807) is 0 Å². The second-order valence-electron chi connectivity index (χ2n) is 6.16. The average molecular weight is 286 g/mol. The van der Waals surface area contributed by atoms with Gasteiger partial charge >= 0.3 is 0 Å². The van der Waals surface area contributed by atoms with Crippen LogP contribution in [0.15, 0.2) is 0 Å². The zero-order chi connectivity index (χ0) is 14.6. The molecule has 3 aliphatic heterocycles. The summed E-state index contributed by atoms with van der Waals surface area (Å²) in [5.74, 6) is 13.5. The minimum Gasteiger partial charge on any atom is -0.301 e. The quantitative estimate of drug-likeness (QED) is 0.631. The normalized spacial score (nSPS) is 29.0. The predicted octanol–water partition coefficient (Wildman–Crippen LogP) is 3.14. The lowest BCUT2D eigenvalue weighted by molar-refractivity contribution is 0.274. The summed E-state index contributed by atoms with van der Waals surface area (Å²) in [7, 11) is 0. The monoisotopic (exact) mass is 286 g/mol. The van der Waals surface area contributed by atoms with Crippen LogP contribution in [0.25, 0.3) is 0 Å². The van der Waals surface area contributed by atoms with Gasteiger partial charge in [0, 0.05) is 51.9 Å². The van der Waals surface area contributed by atoms with Gasteiger partial charge < -0.3 is 9.80 Å². The van der Waals surface area contributed by atoms with E-state index in [1.165, 1.54) is 45.2 Å². The van der Waals surface area contributed by atoms with E-state index in [0.29, 0.717) is 0 Å². The Morgan fingerprint density at radius 3 is 1.10 bits per heavy atom. The topological polar surface area (TPSA) is 6.48 Å². The van der Waals surface area contributed by atoms with Crippen LogP contribution in [0.4, 0.5) is 0 Å². The predicted molar refractivity (Wildman–Crippen MR) is 90.0 cm³/mol. The summed E-state index contributed by atoms with van der Waals surface area (Å²) in [5, 5.41) is 0. The first-order chi connectivity index (χ1) is 10.4. The van der Waals surface area contributed by atoms with Gasteiger partial charge in [-0.1, -0.05) is 19.3 Å². The highest BCUT2D eigenvalue weighted by atomic mass is 15.1. The van der Waals surface area contributed by atoms with Gasteiger partial charge in [-0.05, 0) is 25.9 Å². The molecule has 0 aromatic rings. The number of nitrogens with zero attached hydrogens (tertiary/aromatic N) is 2. The van der Waals surface area contributed by atoms with Crippen molar-refractivity contribution in [1.29, 1.82) is 0 Å². The maximum atomic E-state index is 3.37. The van der Waals surface area contributed by atoms with Crippen LogP contribution in [0, 0.1) is 23.7 Å². The maximum absolute atomic E-state index is 3.37. The van der Waals surface area contributed by atoms with Crippen molar-refractivity contribution in [3.05, 3.63) is 0 Å². The molecule has 21 heavy (non-hydrogen) atoms. The van der Waals surface area contributed by atoms with Gasteiger partial charge in [0.1, 0.15) is 0 Å². The van der Waals surface area contributed by atoms with Crippen LogP contribution in [-0.4, -0.2) is 49.1 Å².